The first kappa shape index (κ1) is 15.9. The zero-order chi connectivity index (χ0) is 12.6. The topological polar surface area (TPSA) is 30.5 Å². The molecular formula is C13H29NO2. The molecule has 0 radical (unpaired) electrons. The zero-order valence-electron chi connectivity index (χ0n) is 11.8. The Morgan fingerprint density at radius 3 is 2.19 bits per heavy atom. The third kappa shape index (κ3) is 8.08. The summed E-state index contributed by atoms with van der Waals surface area (Å²) in [5.41, 5.74) is -0.0710. The third-order valence-electron chi connectivity index (χ3n) is 2.47. The van der Waals surface area contributed by atoms with Crippen LogP contribution in [0.2, 0.25) is 0 Å². The predicted octanol–water partition coefficient (Wildman–Crippen LogP) is 2.59. The van der Waals surface area contributed by atoms with Gasteiger partial charge in [-0.2, -0.15) is 0 Å². The number of rotatable bonds is 8. The lowest BCUT2D eigenvalue weighted by atomic mass is 10.1. The Balaban J connectivity index is 3.66. The summed E-state index contributed by atoms with van der Waals surface area (Å²) in [6, 6.07) is 0.444. The molecule has 0 saturated heterocycles. The van der Waals surface area contributed by atoms with Crippen LogP contribution >= 0.6 is 0 Å². The molecule has 0 aromatic carbocycles. The maximum absolute atomic E-state index is 5.76. The van der Waals surface area contributed by atoms with Crippen molar-refractivity contribution in [1.82, 2.24) is 5.32 Å². The van der Waals surface area contributed by atoms with Crippen LogP contribution in [0, 0.1) is 0 Å². The van der Waals surface area contributed by atoms with Crippen LogP contribution < -0.4 is 5.32 Å². The molecule has 0 fully saturated rings. The van der Waals surface area contributed by atoms with Gasteiger partial charge in [0.15, 0.2) is 0 Å². The van der Waals surface area contributed by atoms with Gasteiger partial charge in [-0.1, -0.05) is 13.8 Å². The molecule has 2 atom stereocenters. The fourth-order valence-electron chi connectivity index (χ4n) is 1.60. The molecule has 0 aliphatic rings. The normalized spacial score (nSPS) is 16.1. The smallest absolute Gasteiger partial charge is 0.0707 e. The lowest BCUT2D eigenvalue weighted by Gasteiger charge is -2.25. The van der Waals surface area contributed by atoms with Crippen LogP contribution in [0.3, 0.4) is 0 Å². The van der Waals surface area contributed by atoms with E-state index in [9.17, 15) is 0 Å². The molecule has 0 aliphatic carbocycles. The second-order valence-corrected chi connectivity index (χ2v) is 5.11. The van der Waals surface area contributed by atoms with E-state index in [1.807, 2.05) is 0 Å². The number of nitrogens with one attached hydrogen (secondary N) is 1. The Morgan fingerprint density at radius 2 is 1.75 bits per heavy atom. The molecule has 0 aliphatic heterocycles. The molecule has 0 saturated carbocycles. The van der Waals surface area contributed by atoms with Crippen LogP contribution in [0.25, 0.3) is 0 Å². The van der Waals surface area contributed by atoms with E-state index >= 15 is 0 Å². The molecule has 98 valence electrons. The fourth-order valence-corrected chi connectivity index (χ4v) is 1.60. The highest BCUT2D eigenvalue weighted by molar-refractivity contribution is 4.71. The van der Waals surface area contributed by atoms with Gasteiger partial charge in [-0.15, -0.1) is 0 Å². The van der Waals surface area contributed by atoms with Crippen molar-refractivity contribution >= 4 is 0 Å². The van der Waals surface area contributed by atoms with E-state index in [-0.39, 0.29) is 11.7 Å². The summed E-state index contributed by atoms with van der Waals surface area (Å²) in [7, 11) is 0. The van der Waals surface area contributed by atoms with Crippen molar-refractivity contribution in [3.05, 3.63) is 0 Å². The summed E-state index contributed by atoms with van der Waals surface area (Å²) in [6.45, 7) is 14.9. The summed E-state index contributed by atoms with van der Waals surface area (Å²) >= 11 is 0. The SMILES string of the molecule is CCNC(CC)C(C)OCCOC(C)(C)C. The van der Waals surface area contributed by atoms with Crippen molar-refractivity contribution in [2.24, 2.45) is 0 Å². The Morgan fingerprint density at radius 1 is 1.12 bits per heavy atom. The Labute approximate surface area is 101 Å². The number of hydrogen-bond acceptors (Lipinski definition) is 3. The van der Waals surface area contributed by atoms with Gasteiger partial charge in [0.05, 0.1) is 24.9 Å². The largest absolute Gasteiger partial charge is 0.374 e. The van der Waals surface area contributed by atoms with E-state index in [1.165, 1.54) is 0 Å². The summed E-state index contributed by atoms with van der Waals surface area (Å²) in [4.78, 5) is 0. The quantitative estimate of drug-likeness (QED) is 0.651. The predicted molar refractivity (Wildman–Crippen MR) is 68.9 cm³/mol. The van der Waals surface area contributed by atoms with E-state index in [1.54, 1.807) is 0 Å². The van der Waals surface area contributed by atoms with Crippen molar-refractivity contribution < 1.29 is 9.47 Å². The Hall–Kier alpha value is -0.120. The number of hydrogen-bond donors (Lipinski definition) is 1. The summed E-state index contributed by atoms with van der Waals surface area (Å²) in [5.74, 6) is 0. The Bertz CT molecular complexity index is 166. The molecule has 0 aromatic rings. The first-order valence-electron chi connectivity index (χ1n) is 6.39. The Kier molecular flexibility index (Phi) is 7.98. The number of likely N-dealkylation sites (N-methyl/N-ethyl adjacent to an activating group) is 1. The van der Waals surface area contributed by atoms with Gasteiger partial charge in [-0.3, -0.25) is 0 Å². The maximum Gasteiger partial charge on any atom is 0.0707 e. The second kappa shape index (κ2) is 8.04. The van der Waals surface area contributed by atoms with E-state index < -0.39 is 0 Å². The van der Waals surface area contributed by atoms with Crippen molar-refractivity contribution in [1.29, 1.82) is 0 Å². The zero-order valence-corrected chi connectivity index (χ0v) is 11.8. The third-order valence-corrected chi connectivity index (χ3v) is 2.47. The monoisotopic (exact) mass is 231 g/mol. The van der Waals surface area contributed by atoms with Gasteiger partial charge >= 0.3 is 0 Å². The van der Waals surface area contributed by atoms with Crippen molar-refractivity contribution in [2.45, 2.75) is 65.7 Å². The maximum atomic E-state index is 5.76. The highest BCUT2D eigenvalue weighted by Gasteiger charge is 2.15. The van der Waals surface area contributed by atoms with Gasteiger partial charge in [-0.25, -0.2) is 0 Å². The minimum Gasteiger partial charge on any atom is -0.374 e. The van der Waals surface area contributed by atoms with Crippen LogP contribution in [0.15, 0.2) is 0 Å². The molecule has 1 N–H and O–H groups in total. The standard InChI is InChI=1S/C13H29NO2/c1-7-12(14-8-2)11(3)15-9-10-16-13(4,5)6/h11-12,14H,7-10H2,1-6H3. The molecule has 0 amide bonds. The van der Waals surface area contributed by atoms with Gasteiger partial charge in [-0.05, 0) is 40.7 Å². The highest BCUT2D eigenvalue weighted by Crippen LogP contribution is 2.07. The van der Waals surface area contributed by atoms with Gasteiger partial charge in [0.1, 0.15) is 0 Å². The van der Waals surface area contributed by atoms with E-state index in [4.69, 9.17) is 9.47 Å². The first-order chi connectivity index (χ1) is 7.40. The van der Waals surface area contributed by atoms with Gasteiger partial charge in [0.2, 0.25) is 0 Å². The molecule has 0 spiro atoms. The molecule has 0 bridgehead atoms. The molecule has 0 aromatic heterocycles. The van der Waals surface area contributed by atoms with E-state index in [2.05, 4.69) is 46.9 Å². The van der Waals surface area contributed by atoms with Crippen molar-refractivity contribution in [3.63, 3.8) is 0 Å². The average Bonchev–Trinajstić information content (AvgIpc) is 2.19. The summed E-state index contributed by atoms with van der Waals surface area (Å²) < 4.78 is 11.4. The molecule has 3 nitrogen and oxygen atoms in total. The fraction of sp³-hybridized carbons (Fsp3) is 1.00. The van der Waals surface area contributed by atoms with E-state index in [0.29, 0.717) is 19.3 Å². The lowest BCUT2D eigenvalue weighted by Crippen LogP contribution is -2.39. The van der Waals surface area contributed by atoms with E-state index in [0.717, 1.165) is 13.0 Å². The van der Waals surface area contributed by atoms with Gasteiger partial charge in [0, 0.05) is 6.04 Å². The minimum absolute atomic E-state index is 0.0710. The van der Waals surface area contributed by atoms with Gasteiger partial charge in [0.25, 0.3) is 0 Å². The minimum atomic E-state index is -0.0710. The summed E-state index contributed by atoms with van der Waals surface area (Å²) in [5, 5.41) is 3.42. The van der Waals surface area contributed by atoms with Crippen molar-refractivity contribution in [2.75, 3.05) is 19.8 Å². The molecule has 0 heterocycles. The highest BCUT2D eigenvalue weighted by atomic mass is 16.5. The van der Waals surface area contributed by atoms with Crippen LogP contribution in [-0.4, -0.2) is 37.5 Å². The lowest BCUT2D eigenvalue weighted by molar-refractivity contribution is -0.0544. The van der Waals surface area contributed by atoms with Crippen LogP contribution in [0.4, 0.5) is 0 Å². The van der Waals surface area contributed by atoms with Crippen LogP contribution in [0.5, 0.6) is 0 Å². The molecule has 2 unspecified atom stereocenters. The molecule has 16 heavy (non-hydrogen) atoms. The van der Waals surface area contributed by atoms with Crippen LogP contribution in [0.1, 0.15) is 48.0 Å². The van der Waals surface area contributed by atoms with Gasteiger partial charge < -0.3 is 14.8 Å². The average molecular weight is 231 g/mol. The van der Waals surface area contributed by atoms with Crippen molar-refractivity contribution in [3.8, 4) is 0 Å². The molecule has 0 rings (SSSR count). The first-order valence-corrected chi connectivity index (χ1v) is 6.39. The molecule has 3 heteroatoms. The second-order valence-electron chi connectivity index (χ2n) is 5.11. The molecular weight excluding hydrogens is 202 g/mol. The van der Waals surface area contributed by atoms with Crippen LogP contribution in [-0.2, 0) is 9.47 Å². The number of ether oxygens (including phenoxy) is 2. The summed E-state index contributed by atoms with van der Waals surface area (Å²) in [6.07, 6.45) is 1.34.